The van der Waals surface area contributed by atoms with Crippen LogP contribution in [0.15, 0.2) is 47.4 Å². The number of methoxy groups -OCH3 is 2. The van der Waals surface area contributed by atoms with Gasteiger partial charge < -0.3 is 14.8 Å². The highest BCUT2D eigenvalue weighted by atomic mass is 32.2. The first-order chi connectivity index (χ1) is 14.3. The van der Waals surface area contributed by atoms with Crippen LogP contribution in [-0.4, -0.2) is 43.3 Å². The zero-order valence-electron chi connectivity index (χ0n) is 16.4. The standard InChI is InChI=1S/C19H19N5O5S/c1-11(13-10-12(28-2)8-9-15(13)29-3)20-18(25)17-21-19-23-30(26,27)16-7-5-4-6-14(16)24(19)22-17/h4-11H,1-3H3,(H,20,25)(H,21,22,23). The van der Waals surface area contributed by atoms with Gasteiger partial charge in [0.15, 0.2) is 0 Å². The maximum atomic E-state index is 12.8. The van der Waals surface area contributed by atoms with E-state index in [2.05, 4.69) is 20.1 Å². The van der Waals surface area contributed by atoms with Crippen molar-refractivity contribution in [1.29, 1.82) is 0 Å². The number of ether oxygens (including phenoxy) is 2. The van der Waals surface area contributed by atoms with E-state index < -0.39 is 22.0 Å². The highest BCUT2D eigenvalue weighted by molar-refractivity contribution is 7.92. The van der Waals surface area contributed by atoms with Crippen molar-refractivity contribution in [2.45, 2.75) is 17.9 Å². The Labute approximate surface area is 172 Å². The van der Waals surface area contributed by atoms with E-state index in [1.165, 1.54) is 17.9 Å². The Morgan fingerprint density at radius 1 is 1.17 bits per heavy atom. The number of hydrogen-bond donors (Lipinski definition) is 2. The zero-order chi connectivity index (χ0) is 21.5. The van der Waals surface area contributed by atoms with Gasteiger partial charge in [0.25, 0.3) is 15.9 Å². The number of carbonyl (C=O) groups excluding carboxylic acids is 1. The first-order valence-corrected chi connectivity index (χ1v) is 10.4. The molecule has 0 spiro atoms. The second-order valence-corrected chi connectivity index (χ2v) is 8.20. The molecule has 11 heteroatoms. The molecule has 2 heterocycles. The third-order valence-electron chi connectivity index (χ3n) is 4.67. The molecule has 2 aromatic carbocycles. The molecular formula is C19H19N5O5S. The van der Waals surface area contributed by atoms with Crippen LogP contribution in [0.1, 0.15) is 29.1 Å². The number of nitrogens with one attached hydrogen (secondary N) is 2. The van der Waals surface area contributed by atoms with Crippen molar-refractivity contribution in [3.8, 4) is 17.2 Å². The van der Waals surface area contributed by atoms with E-state index in [4.69, 9.17) is 9.47 Å². The summed E-state index contributed by atoms with van der Waals surface area (Å²) < 4.78 is 39.0. The average Bonchev–Trinajstić information content (AvgIpc) is 3.16. The highest BCUT2D eigenvalue weighted by Gasteiger charge is 2.31. The van der Waals surface area contributed by atoms with Gasteiger partial charge >= 0.3 is 0 Å². The lowest BCUT2D eigenvalue weighted by molar-refractivity contribution is 0.0929. The van der Waals surface area contributed by atoms with Gasteiger partial charge in [0.05, 0.1) is 25.9 Å². The van der Waals surface area contributed by atoms with Crippen molar-refractivity contribution in [3.63, 3.8) is 0 Å². The summed E-state index contributed by atoms with van der Waals surface area (Å²) in [6.07, 6.45) is 0. The van der Waals surface area contributed by atoms with Crippen LogP contribution in [0.2, 0.25) is 0 Å². The molecule has 156 valence electrons. The molecule has 1 aliphatic rings. The molecule has 30 heavy (non-hydrogen) atoms. The van der Waals surface area contributed by atoms with Crippen LogP contribution in [0.25, 0.3) is 5.69 Å². The zero-order valence-corrected chi connectivity index (χ0v) is 17.2. The molecule has 10 nitrogen and oxygen atoms in total. The van der Waals surface area contributed by atoms with Gasteiger partial charge in [-0.25, -0.2) is 13.1 Å². The van der Waals surface area contributed by atoms with Crippen molar-refractivity contribution >= 4 is 21.9 Å². The maximum Gasteiger partial charge on any atom is 0.291 e. The Morgan fingerprint density at radius 2 is 1.93 bits per heavy atom. The van der Waals surface area contributed by atoms with E-state index in [0.29, 0.717) is 22.7 Å². The third-order valence-corrected chi connectivity index (χ3v) is 6.05. The summed E-state index contributed by atoms with van der Waals surface area (Å²) in [7, 11) is -0.701. The monoisotopic (exact) mass is 429 g/mol. The number of nitrogens with zero attached hydrogens (tertiary/aromatic N) is 3. The van der Waals surface area contributed by atoms with Gasteiger partial charge in [0.2, 0.25) is 11.8 Å². The second-order valence-electron chi connectivity index (χ2n) is 6.55. The quantitative estimate of drug-likeness (QED) is 0.635. The minimum atomic E-state index is -3.79. The normalized spacial score (nSPS) is 14.6. The lowest BCUT2D eigenvalue weighted by Crippen LogP contribution is -2.28. The van der Waals surface area contributed by atoms with Crippen molar-refractivity contribution in [2.75, 3.05) is 18.9 Å². The van der Waals surface area contributed by atoms with Crippen molar-refractivity contribution in [1.82, 2.24) is 20.1 Å². The molecule has 1 aliphatic heterocycles. The molecule has 3 aromatic rings. The van der Waals surface area contributed by atoms with Crippen LogP contribution in [0, 0.1) is 0 Å². The molecule has 0 radical (unpaired) electrons. The number of fused-ring (bicyclic) bond motifs is 3. The molecule has 1 aromatic heterocycles. The Kier molecular flexibility index (Phi) is 4.82. The van der Waals surface area contributed by atoms with Gasteiger partial charge in [-0.3, -0.25) is 4.79 Å². The maximum absolute atomic E-state index is 12.8. The lowest BCUT2D eigenvalue weighted by Gasteiger charge is -2.17. The molecule has 1 amide bonds. The van der Waals surface area contributed by atoms with Crippen LogP contribution in [-0.2, 0) is 10.0 Å². The van der Waals surface area contributed by atoms with Crippen molar-refractivity contribution in [2.24, 2.45) is 0 Å². The number of rotatable bonds is 5. The van der Waals surface area contributed by atoms with Gasteiger partial charge in [-0.2, -0.15) is 9.67 Å². The Hall–Kier alpha value is -3.60. The molecule has 0 saturated carbocycles. The average molecular weight is 429 g/mol. The fraction of sp³-hybridized carbons (Fsp3) is 0.211. The molecule has 0 bridgehead atoms. The van der Waals surface area contributed by atoms with Crippen LogP contribution >= 0.6 is 0 Å². The van der Waals surface area contributed by atoms with Crippen LogP contribution in [0.3, 0.4) is 0 Å². The van der Waals surface area contributed by atoms with Crippen molar-refractivity contribution < 1.29 is 22.7 Å². The van der Waals surface area contributed by atoms with E-state index in [0.717, 1.165) is 0 Å². The third kappa shape index (κ3) is 3.32. The number of carbonyl (C=O) groups is 1. The van der Waals surface area contributed by atoms with Crippen LogP contribution in [0.4, 0.5) is 5.95 Å². The van der Waals surface area contributed by atoms with Gasteiger partial charge in [-0.15, -0.1) is 5.10 Å². The molecule has 2 N–H and O–H groups in total. The Bertz CT molecular complexity index is 1240. The number of sulfonamides is 1. The van der Waals surface area contributed by atoms with Crippen molar-refractivity contribution in [3.05, 3.63) is 53.9 Å². The summed E-state index contributed by atoms with van der Waals surface area (Å²) >= 11 is 0. The minimum Gasteiger partial charge on any atom is -0.497 e. The highest BCUT2D eigenvalue weighted by Crippen LogP contribution is 2.31. The number of para-hydroxylation sites is 1. The molecular weight excluding hydrogens is 410 g/mol. The number of benzene rings is 2. The molecule has 1 atom stereocenters. The number of hydrogen-bond acceptors (Lipinski definition) is 7. The van der Waals surface area contributed by atoms with E-state index in [1.54, 1.807) is 50.4 Å². The van der Waals surface area contributed by atoms with Crippen LogP contribution < -0.4 is 19.5 Å². The van der Waals surface area contributed by atoms with Gasteiger partial charge in [-0.1, -0.05) is 12.1 Å². The first kappa shape index (κ1) is 19.7. The molecule has 1 unspecified atom stereocenters. The fourth-order valence-electron chi connectivity index (χ4n) is 3.19. The van der Waals surface area contributed by atoms with Gasteiger partial charge in [0.1, 0.15) is 16.4 Å². The summed E-state index contributed by atoms with van der Waals surface area (Å²) in [5.74, 6) is 0.422. The van der Waals surface area contributed by atoms with Gasteiger partial charge in [0, 0.05) is 5.56 Å². The summed E-state index contributed by atoms with van der Waals surface area (Å²) in [6.45, 7) is 1.78. The summed E-state index contributed by atoms with van der Waals surface area (Å²) in [5, 5.41) is 6.99. The molecule has 0 saturated heterocycles. The fourth-order valence-corrected chi connectivity index (χ4v) is 4.36. The summed E-state index contributed by atoms with van der Waals surface area (Å²) in [5.41, 5.74) is 1.03. The topological polar surface area (TPSA) is 124 Å². The number of aromatic nitrogens is 3. The predicted octanol–water partition coefficient (Wildman–Crippen LogP) is 1.89. The molecule has 4 rings (SSSR count). The second kappa shape index (κ2) is 7.34. The first-order valence-electron chi connectivity index (χ1n) is 8.96. The van der Waals surface area contributed by atoms with E-state index in [1.807, 2.05) is 0 Å². The lowest BCUT2D eigenvalue weighted by atomic mass is 10.1. The molecule has 0 aliphatic carbocycles. The summed E-state index contributed by atoms with van der Waals surface area (Å²) in [4.78, 5) is 16.9. The Balaban J connectivity index is 1.64. The SMILES string of the molecule is COc1ccc(OC)c(C(C)NC(=O)c2nc3n(n2)-c2ccccc2S(=O)(=O)N3)c1. The summed E-state index contributed by atoms with van der Waals surface area (Å²) in [6, 6.07) is 11.2. The Morgan fingerprint density at radius 3 is 2.67 bits per heavy atom. The van der Waals surface area contributed by atoms with Gasteiger partial charge in [-0.05, 0) is 37.3 Å². The smallest absolute Gasteiger partial charge is 0.291 e. The molecule has 0 fully saturated rings. The van der Waals surface area contributed by atoms with E-state index in [-0.39, 0.29) is 16.7 Å². The van der Waals surface area contributed by atoms with E-state index in [9.17, 15) is 13.2 Å². The number of anilines is 1. The number of amides is 1. The van der Waals surface area contributed by atoms with Crippen LogP contribution in [0.5, 0.6) is 11.5 Å². The largest absolute Gasteiger partial charge is 0.497 e. The minimum absolute atomic E-state index is 0.0505. The van der Waals surface area contributed by atoms with E-state index >= 15 is 0 Å². The predicted molar refractivity (Wildman–Crippen MR) is 108 cm³/mol.